The van der Waals surface area contributed by atoms with Gasteiger partial charge in [-0.2, -0.15) is 18.3 Å². The Balaban J connectivity index is 1.57. The lowest BCUT2D eigenvalue weighted by atomic mass is 10.1. The maximum Gasteiger partial charge on any atom is 0.417 e. The van der Waals surface area contributed by atoms with Crippen molar-refractivity contribution in [2.75, 3.05) is 38.1 Å². The number of aromatic nitrogens is 2. The maximum atomic E-state index is 13.1. The first-order valence-corrected chi connectivity index (χ1v) is 9.66. The van der Waals surface area contributed by atoms with Gasteiger partial charge in [0.25, 0.3) is 0 Å². The fraction of sp³-hybridized carbons (Fsp3) is 0.286. The molecule has 2 aromatic carbocycles. The van der Waals surface area contributed by atoms with E-state index in [1.165, 1.54) is 6.07 Å². The van der Waals surface area contributed by atoms with Crippen LogP contribution in [-0.2, 0) is 6.18 Å². The lowest BCUT2D eigenvalue weighted by Gasteiger charge is -2.34. The molecule has 3 aromatic rings. The SMILES string of the molecule is CN1CCN(c2ccc(-c3cc(-c4cccc(C(F)(F)F)c4Cl)[nH]n3)cc2)CC1. The van der Waals surface area contributed by atoms with Gasteiger partial charge in [-0.05, 0) is 31.3 Å². The van der Waals surface area contributed by atoms with Gasteiger partial charge in [0, 0.05) is 43.0 Å². The fourth-order valence-electron chi connectivity index (χ4n) is 3.47. The molecule has 1 fully saturated rings. The third-order valence-electron chi connectivity index (χ3n) is 5.20. The van der Waals surface area contributed by atoms with Crippen LogP contribution in [0.1, 0.15) is 5.56 Å². The van der Waals surface area contributed by atoms with E-state index in [0.29, 0.717) is 11.4 Å². The average molecular weight is 421 g/mol. The summed E-state index contributed by atoms with van der Waals surface area (Å²) >= 11 is 6.02. The number of benzene rings is 2. The Morgan fingerprint density at radius 2 is 1.69 bits per heavy atom. The molecule has 0 unspecified atom stereocenters. The predicted octanol–water partition coefficient (Wildman–Crippen LogP) is 5.17. The molecule has 1 aliphatic heterocycles. The second kappa shape index (κ2) is 7.72. The van der Waals surface area contributed by atoms with Crippen LogP contribution in [0.2, 0.25) is 5.02 Å². The van der Waals surface area contributed by atoms with E-state index in [4.69, 9.17) is 11.6 Å². The number of hydrogen-bond acceptors (Lipinski definition) is 3. The van der Waals surface area contributed by atoms with Gasteiger partial charge >= 0.3 is 6.18 Å². The molecule has 1 aliphatic rings. The number of rotatable bonds is 3. The van der Waals surface area contributed by atoms with Gasteiger partial charge in [-0.25, -0.2) is 0 Å². The summed E-state index contributed by atoms with van der Waals surface area (Å²) in [6.45, 7) is 4.03. The molecule has 1 N–H and O–H groups in total. The van der Waals surface area contributed by atoms with Crippen molar-refractivity contribution in [3.05, 3.63) is 59.1 Å². The van der Waals surface area contributed by atoms with Gasteiger partial charge in [0.2, 0.25) is 0 Å². The number of nitrogens with one attached hydrogen (secondary N) is 1. The van der Waals surface area contributed by atoms with Gasteiger partial charge in [-0.1, -0.05) is 35.9 Å². The number of likely N-dealkylation sites (N-methyl/N-ethyl adjacent to an activating group) is 1. The molecule has 0 amide bonds. The first kappa shape index (κ1) is 19.8. The van der Waals surface area contributed by atoms with Crippen LogP contribution in [0, 0.1) is 0 Å². The summed E-state index contributed by atoms with van der Waals surface area (Å²) in [6, 6.07) is 13.6. The van der Waals surface area contributed by atoms with E-state index in [0.717, 1.165) is 43.5 Å². The summed E-state index contributed by atoms with van der Waals surface area (Å²) in [4.78, 5) is 4.64. The van der Waals surface area contributed by atoms with E-state index >= 15 is 0 Å². The first-order valence-electron chi connectivity index (χ1n) is 9.28. The van der Waals surface area contributed by atoms with Crippen molar-refractivity contribution < 1.29 is 13.2 Å². The van der Waals surface area contributed by atoms with E-state index in [1.807, 2.05) is 24.3 Å². The zero-order chi connectivity index (χ0) is 20.6. The summed E-state index contributed by atoms with van der Waals surface area (Å²) in [6.07, 6.45) is -4.50. The minimum absolute atomic E-state index is 0.272. The molecular weight excluding hydrogens is 401 g/mol. The minimum atomic E-state index is -4.50. The minimum Gasteiger partial charge on any atom is -0.369 e. The lowest BCUT2D eigenvalue weighted by molar-refractivity contribution is -0.137. The molecular formula is C21H20ClF3N4. The van der Waals surface area contributed by atoms with Crippen LogP contribution in [0.3, 0.4) is 0 Å². The van der Waals surface area contributed by atoms with E-state index < -0.39 is 11.7 Å². The van der Waals surface area contributed by atoms with Crippen LogP contribution in [0.5, 0.6) is 0 Å². The maximum absolute atomic E-state index is 13.1. The predicted molar refractivity (Wildman–Crippen MR) is 109 cm³/mol. The molecule has 0 saturated carbocycles. The normalized spacial score (nSPS) is 15.7. The monoisotopic (exact) mass is 420 g/mol. The molecule has 4 nitrogen and oxygen atoms in total. The van der Waals surface area contributed by atoms with Gasteiger partial charge in [0.05, 0.1) is 22.0 Å². The third kappa shape index (κ3) is 4.11. The van der Waals surface area contributed by atoms with Crippen molar-refractivity contribution in [2.45, 2.75) is 6.18 Å². The van der Waals surface area contributed by atoms with Gasteiger partial charge in [-0.3, -0.25) is 5.10 Å². The molecule has 1 aromatic heterocycles. The van der Waals surface area contributed by atoms with E-state index in [1.54, 1.807) is 12.1 Å². The second-order valence-corrected chi connectivity index (χ2v) is 7.55. The third-order valence-corrected chi connectivity index (χ3v) is 5.61. The smallest absolute Gasteiger partial charge is 0.369 e. The Morgan fingerprint density at radius 1 is 1.00 bits per heavy atom. The number of anilines is 1. The van der Waals surface area contributed by atoms with Crippen LogP contribution >= 0.6 is 11.6 Å². The molecule has 152 valence electrons. The van der Waals surface area contributed by atoms with Gasteiger partial charge < -0.3 is 9.80 Å². The number of nitrogens with zero attached hydrogens (tertiary/aromatic N) is 3. The van der Waals surface area contributed by atoms with Gasteiger partial charge in [-0.15, -0.1) is 0 Å². The number of piperazine rings is 1. The van der Waals surface area contributed by atoms with Gasteiger partial charge in [0.1, 0.15) is 0 Å². The molecule has 29 heavy (non-hydrogen) atoms. The van der Waals surface area contributed by atoms with Gasteiger partial charge in [0.15, 0.2) is 0 Å². The van der Waals surface area contributed by atoms with Crippen LogP contribution in [-0.4, -0.2) is 48.3 Å². The zero-order valence-electron chi connectivity index (χ0n) is 15.8. The Kier molecular flexibility index (Phi) is 5.27. The topological polar surface area (TPSA) is 35.2 Å². The zero-order valence-corrected chi connectivity index (χ0v) is 16.6. The molecule has 0 bridgehead atoms. The summed E-state index contributed by atoms with van der Waals surface area (Å²) in [5.41, 5.74) is 2.54. The van der Waals surface area contributed by atoms with Crippen LogP contribution in [0.25, 0.3) is 22.5 Å². The average Bonchev–Trinajstić information content (AvgIpc) is 3.18. The highest BCUT2D eigenvalue weighted by Crippen LogP contribution is 2.39. The van der Waals surface area contributed by atoms with E-state index in [9.17, 15) is 13.2 Å². The highest BCUT2D eigenvalue weighted by atomic mass is 35.5. The van der Waals surface area contributed by atoms with Crippen LogP contribution in [0.15, 0.2) is 48.5 Å². The number of alkyl halides is 3. The highest BCUT2D eigenvalue weighted by Gasteiger charge is 2.34. The number of hydrogen-bond donors (Lipinski definition) is 1. The summed E-state index contributed by atoms with van der Waals surface area (Å²) in [5.74, 6) is 0. The Bertz CT molecular complexity index is 990. The molecule has 0 spiro atoms. The molecule has 0 atom stereocenters. The fourth-order valence-corrected chi connectivity index (χ4v) is 3.81. The Morgan fingerprint density at radius 3 is 2.34 bits per heavy atom. The van der Waals surface area contributed by atoms with Crippen molar-refractivity contribution in [1.82, 2.24) is 15.1 Å². The summed E-state index contributed by atoms with van der Waals surface area (Å²) in [7, 11) is 2.12. The summed E-state index contributed by atoms with van der Waals surface area (Å²) < 4.78 is 39.3. The number of H-pyrrole nitrogens is 1. The standard InChI is InChI=1S/C21H20ClF3N4/c1-28-9-11-29(12-10-28)15-7-5-14(6-8-15)18-13-19(27-26-18)16-3-2-4-17(20(16)22)21(23,24)25/h2-8,13H,9-12H2,1H3,(H,26,27). The Hall–Kier alpha value is -2.51. The van der Waals surface area contributed by atoms with Crippen LogP contribution < -0.4 is 4.90 Å². The number of aromatic amines is 1. The quantitative estimate of drug-likeness (QED) is 0.635. The summed E-state index contributed by atoms with van der Waals surface area (Å²) in [5, 5.41) is 6.74. The molecule has 8 heteroatoms. The lowest BCUT2D eigenvalue weighted by Crippen LogP contribution is -2.44. The van der Waals surface area contributed by atoms with E-state index in [2.05, 4.69) is 27.0 Å². The van der Waals surface area contributed by atoms with E-state index in [-0.39, 0.29) is 10.6 Å². The van der Waals surface area contributed by atoms with Crippen molar-refractivity contribution >= 4 is 17.3 Å². The van der Waals surface area contributed by atoms with Crippen molar-refractivity contribution in [1.29, 1.82) is 0 Å². The number of halogens is 4. The molecule has 1 saturated heterocycles. The first-order chi connectivity index (χ1) is 13.8. The molecule has 0 radical (unpaired) electrons. The van der Waals surface area contributed by atoms with Crippen molar-refractivity contribution in [3.8, 4) is 22.5 Å². The van der Waals surface area contributed by atoms with Crippen molar-refractivity contribution in [2.24, 2.45) is 0 Å². The van der Waals surface area contributed by atoms with Crippen molar-refractivity contribution in [3.63, 3.8) is 0 Å². The largest absolute Gasteiger partial charge is 0.417 e. The highest BCUT2D eigenvalue weighted by molar-refractivity contribution is 6.34. The second-order valence-electron chi connectivity index (χ2n) is 7.17. The molecule has 2 heterocycles. The molecule has 4 rings (SSSR count). The van der Waals surface area contributed by atoms with Crippen LogP contribution in [0.4, 0.5) is 18.9 Å². The Labute approximate surface area is 171 Å². The molecule has 0 aliphatic carbocycles.